The van der Waals surface area contributed by atoms with Gasteiger partial charge in [-0.3, -0.25) is 4.79 Å². The van der Waals surface area contributed by atoms with Crippen molar-refractivity contribution in [3.63, 3.8) is 0 Å². The second-order valence-electron chi connectivity index (χ2n) is 9.34. The van der Waals surface area contributed by atoms with Crippen LogP contribution in [0.1, 0.15) is 24.0 Å². The van der Waals surface area contributed by atoms with Gasteiger partial charge in [-0.2, -0.15) is 0 Å². The average Bonchev–Trinajstić information content (AvgIpc) is 3.22. The van der Waals surface area contributed by atoms with Gasteiger partial charge in [0, 0.05) is 18.8 Å². The summed E-state index contributed by atoms with van der Waals surface area (Å²) < 4.78 is 6.73. The summed E-state index contributed by atoms with van der Waals surface area (Å²) in [4.78, 5) is 13.2. The number of ether oxygens (including phenoxy) is 1. The molecule has 33 heavy (non-hydrogen) atoms. The van der Waals surface area contributed by atoms with Crippen LogP contribution in [0.25, 0.3) is 0 Å². The van der Waals surface area contributed by atoms with E-state index >= 15 is 0 Å². The predicted molar refractivity (Wildman–Crippen MR) is 130 cm³/mol. The van der Waals surface area contributed by atoms with Gasteiger partial charge in [-0.15, -0.1) is 0 Å². The molecule has 1 heterocycles. The van der Waals surface area contributed by atoms with Gasteiger partial charge in [-0.1, -0.05) is 60.7 Å². The van der Waals surface area contributed by atoms with E-state index < -0.39 is 5.41 Å². The number of quaternary nitrogens is 1. The first-order chi connectivity index (χ1) is 15.9. The third kappa shape index (κ3) is 4.74. The second kappa shape index (κ2) is 9.67. The maximum atomic E-state index is 13.2. The molecule has 0 saturated carbocycles. The summed E-state index contributed by atoms with van der Waals surface area (Å²) in [5.41, 5.74) is 7.31. The molecule has 0 radical (unpaired) electrons. The van der Waals surface area contributed by atoms with Gasteiger partial charge in [0.2, 0.25) is 5.91 Å². The molecule has 0 aliphatic carbocycles. The van der Waals surface area contributed by atoms with E-state index in [0.29, 0.717) is 6.61 Å². The first-order valence-corrected chi connectivity index (χ1v) is 11.6. The van der Waals surface area contributed by atoms with Crippen molar-refractivity contribution < 1.29 is 19.1 Å². The highest BCUT2D eigenvalue weighted by molar-refractivity contribution is 5.91. The minimum Gasteiger partial charge on any atom is -0.508 e. The van der Waals surface area contributed by atoms with Crippen molar-refractivity contribution in [2.75, 3.05) is 33.3 Å². The Morgan fingerprint density at radius 3 is 2.12 bits per heavy atom. The number of amides is 1. The SMILES string of the molecule is C[N@@+]1(CCCOc2ccc(O)cc2)CCC(C(C(N)=O)(c2ccccc2)c2ccccc2)C1. The summed E-state index contributed by atoms with van der Waals surface area (Å²) in [6.45, 7) is 3.46. The lowest BCUT2D eigenvalue weighted by Crippen LogP contribution is -2.51. The number of phenolic OH excluding ortho intramolecular Hbond substituents is 1. The maximum absolute atomic E-state index is 13.2. The van der Waals surface area contributed by atoms with Gasteiger partial charge >= 0.3 is 0 Å². The second-order valence-corrected chi connectivity index (χ2v) is 9.34. The molecule has 3 aromatic rings. The quantitative estimate of drug-likeness (QED) is 0.385. The zero-order chi connectivity index (χ0) is 23.3. The van der Waals surface area contributed by atoms with Gasteiger partial charge in [0.15, 0.2) is 0 Å². The van der Waals surface area contributed by atoms with Gasteiger partial charge in [0.1, 0.15) is 16.9 Å². The fourth-order valence-corrected chi connectivity index (χ4v) is 5.44. The number of carbonyl (C=O) groups excluding carboxylic acids is 1. The van der Waals surface area contributed by atoms with Crippen LogP contribution in [0, 0.1) is 5.92 Å². The molecule has 4 rings (SSSR count). The molecule has 0 aromatic heterocycles. The Kier molecular flexibility index (Phi) is 6.70. The lowest BCUT2D eigenvalue weighted by atomic mass is 9.64. The molecule has 1 saturated heterocycles. The van der Waals surface area contributed by atoms with E-state index in [1.807, 2.05) is 60.7 Å². The lowest BCUT2D eigenvalue weighted by Gasteiger charge is -2.38. The molecule has 3 aromatic carbocycles. The number of benzene rings is 3. The van der Waals surface area contributed by atoms with Gasteiger partial charge in [0.05, 0.1) is 33.3 Å². The maximum Gasteiger partial charge on any atom is 0.233 e. The van der Waals surface area contributed by atoms with Crippen LogP contribution in [-0.2, 0) is 10.2 Å². The third-order valence-corrected chi connectivity index (χ3v) is 7.09. The van der Waals surface area contributed by atoms with Crippen molar-refractivity contribution in [3.8, 4) is 11.5 Å². The molecule has 0 bridgehead atoms. The van der Waals surface area contributed by atoms with Crippen LogP contribution in [0.5, 0.6) is 11.5 Å². The Morgan fingerprint density at radius 1 is 1.00 bits per heavy atom. The Balaban J connectivity index is 1.51. The topological polar surface area (TPSA) is 72.6 Å². The summed E-state index contributed by atoms with van der Waals surface area (Å²) in [5.74, 6) is 0.825. The van der Waals surface area contributed by atoms with Crippen LogP contribution in [0.2, 0.25) is 0 Å². The fourth-order valence-electron chi connectivity index (χ4n) is 5.44. The zero-order valence-corrected chi connectivity index (χ0v) is 19.2. The van der Waals surface area contributed by atoms with E-state index in [4.69, 9.17) is 10.5 Å². The summed E-state index contributed by atoms with van der Waals surface area (Å²) >= 11 is 0. The van der Waals surface area contributed by atoms with Gasteiger partial charge in [-0.05, 0) is 35.4 Å². The predicted octanol–water partition coefficient (Wildman–Crippen LogP) is 4.10. The normalized spacial score (nSPS) is 20.5. The molecule has 1 aliphatic rings. The van der Waals surface area contributed by atoms with Crippen LogP contribution in [0.3, 0.4) is 0 Å². The highest BCUT2D eigenvalue weighted by atomic mass is 16.5. The smallest absolute Gasteiger partial charge is 0.233 e. The van der Waals surface area contributed by atoms with Crippen LogP contribution in [-0.4, -0.2) is 48.8 Å². The summed E-state index contributed by atoms with van der Waals surface area (Å²) in [6, 6.07) is 26.8. The molecule has 1 aliphatic heterocycles. The lowest BCUT2D eigenvalue weighted by molar-refractivity contribution is -0.899. The van der Waals surface area contributed by atoms with Crippen molar-refractivity contribution >= 4 is 5.91 Å². The van der Waals surface area contributed by atoms with Crippen LogP contribution in [0.4, 0.5) is 0 Å². The van der Waals surface area contributed by atoms with Crippen molar-refractivity contribution in [3.05, 3.63) is 96.1 Å². The molecular formula is C28H33N2O3+. The Morgan fingerprint density at radius 2 is 1.58 bits per heavy atom. The first-order valence-electron chi connectivity index (χ1n) is 11.6. The van der Waals surface area contributed by atoms with E-state index in [1.165, 1.54) is 0 Å². The van der Waals surface area contributed by atoms with E-state index in [-0.39, 0.29) is 17.6 Å². The number of phenols is 1. The third-order valence-electron chi connectivity index (χ3n) is 7.09. The Labute approximate surface area is 196 Å². The molecule has 0 spiro atoms. The summed E-state index contributed by atoms with van der Waals surface area (Å²) in [5, 5.41) is 9.41. The van der Waals surface area contributed by atoms with Gasteiger partial charge in [-0.25, -0.2) is 0 Å². The molecule has 1 amide bonds. The van der Waals surface area contributed by atoms with Crippen molar-refractivity contribution in [2.24, 2.45) is 11.7 Å². The molecule has 1 fully saturated rings. The zero-order valence-electron chi connectivity index (χ0n) is 19.2. The van der Waals surface area contributed by atoms with Crippen LogP contribution >= 0.6 is 0 Å². The minimum absolute atomic E-state index is 0.114. The monoisotopic (exact) mass is 445 g/mol. The number of carbonyl (C=O) groups is 1. The Hall–Kier alpha value is -3.31. The number of nitrogens with two attached hydrogens (primary N) is 1. The number of nitrogens with zero attached hydrogens (tertiary/aromatic N) is 1. The average molecular weight is 446 g/mol. The molecule has 2 atom stereocenters. The highest BCUT2D eigenvalue weighted by Crippen LogP contribution is 2.45. The van der Waals surface area contributed by atoms with Crippen molar-refractivity contribution in [1.29, 1.82) is 0 Å². The van der Waals surface area contributed by atoms with E-state index in [9.17, 15) is 9.90 Å². The van der Waals surface area contributed by atoms with Crippen LogP contribution < -0.4 is 10.5 Å². The molecule has 172 valence electrons. The Bertz CT molecular complexity index is 1010. The number of hydrogen-bond donors (Lipinski definition) is 2. The van der Waals surface area contributed by atoms with Crippen molar-refractivity contribution in [2.45, 2.75) is 18.3 Å². The fraction of sp³-hybridized carbons (Fsp3) is 0.321. The molecule has 3 N–H and O–H groups in total. The number of hydrogen-bond acceptors (Lipinski definition) is 3. The van der Waals surface area contributed by atoms with Crippen LogP contribution in [0.15, 0.2) is 84.9 Å². The minimum atomic E-state index is -0.846. The molecule has 5 heteroatoms. The number of rotatable bonds is 9. The van der Waals surface area contributed by atoms with Gasteiger partial charge < -0.3 is 20.1 Å². The molecule has 1 unspecified atom stereocenters. The van der Waals surface area contributed by atoms with Gasteiger partial charge in [0.25, 0.3) is 0 Å². The highest BCUT2D eigenvalue weighted by Gasteiger charge is 2.53. The largest absolute Gasteiger partial charge is 0.508 e. The van der Waals surface area contributed by atoms with E-state index in [0.717, 1.165) is 53.8 Å². The van der Waals surface area contributed by atoms with E-state index in [1.54, 1.807) is 24.3 Å². The van der Waals surface area contributed by atoms with E-state index in [2.05, 4.69) is 7.05 Å². The number of aromatic hydroxyl groups is 1. The first kappa shape index (κ1) is 22.9. The standard InChI is InChI=1S/C28H32N2O3/c1-30(18-8-20-33-26-15-13-25(31)14-16-26)19-17-24(21-30)28(27(29)32,22-9-4-2-5-10-22)23-11-6-3-7-12-23/h2-7,9-16,24H,8,17-21H2,1H3,(H2-,29,31,32)/p+1/t24?,30-/m1/s1. The molecule has 5 nitrogen and oxygen atoms in total. The van der Waals surface area contributed by atoms with Crippen molar-refractivity contribution in [1.82, 2.24) is 0 Å². The molecular weight excluding hydrogens is 412 g/mol. The number of likely N-dealkylation sites (tertiary alicyclic amines) is 1. The number of primary amides is 1. The summed E-state index contributed by atoms with van der Waals surface area (Å²) in [6.07, 6.45) is 1.84. The summed E-state index contributed by atoms with van der Waals surface area (Å²) in [7, 11) is 2.27.